The second-order valence-corrected chi connectivity index (χ2v) is 23.0. The van der Waals surface area contributed by atoms with Crippen molar-refractivity contribution >= 4 is 35.8 Å². The van der Waals surface area contributed by atoms with Gasteiger partial charge in [-0.3, -0.25) is 0 Å². The molecule has 0 aromatic rings. The molecule has 3 rings (SSSR count). The summed E-state index contributed by atoms with van der Waals surface area (Å²) in [4.78, 5) is 62.2. The van der Waals surface area contributed by atoms with Crippen LogP contribution in [0.1, 0.15) is 290 Å². The molecule has 3 heterocycles. The van der Waals surface area contributed by atoms with Crippen molar-refractivity contribution in [2.24, 2.45) is 0 Å². The molecule has 3 aliphatic rings. The minimum Gasteiger partial charge on any atom is -0.550 e. The first-order chi connectivity index (χ1) is 43.0. The van der Waals surface area contributed by atoms with E-state index in [2.05, 4.69) is 35.0 Å². The van der Waals surface area contributed by atoms with Crippen LogP contribution in [0.3, 0.4) is 0 Å². The van der Waals surface area contributed by atoms with Crippen LogP contribution >= 0.6 is 0 Å². The zero-order chi connectivity index (χ0) is 68.3. The van der Waals surface area contributed by atoms with Gasteiger partial charge in [0.15, 0.2) is 35.6 Å². The van der Waals surface area contributed by atoms with Gasteiger partial charge < -0.3 is 105 Å². The van der Waals surface area contributed by atoms with Gasteiger partial charge in [-0.25, -0.2) is 14.4 Å². The van der Waals surface area contributed by atoms with Gasteiger partial charge in [0.2, 0.25) is 17.3 Å². The minimum atomic E-state index is -1.42. The zero-order valence-electron chi connectivity index (χ0n) is 54.9. The molecule has 0 aromatic carbocycles. The molecule has 0 amide bonds. The molecule has 0 aromatic heterocycles. The van der Waals surface area contributed by atoms with E-state index in [9.17, 15) is 44.1 Å². The second-order valence-electron chi connectivity index (χ2n) is 23.0. The smallest absolute Gasteiger partial charge is 0.550 e. The Kier molecular flexibility index (Phi) is 64.9. The van der Waals surface area contributed by atoms with Crippen LogP contribution in [0.4, 0.5) is 0 Å². The molecular weight excluding hydrogens is 1230 g/mol. The molecule has 0 saturated heterocycles. The van der Waals surface area contributed by atoms with E-state index >= 15 is 0 Å². The summed E-state index contributed by atoms with van der Waals surface area (Å²) in [7, 11) is 0. The normalized spacial score (nSPS) is 16.6. The third kappa shape index (κ3) is 52.2. The number of aliphatic carboxylic acids is 3. The number of esters is 3. The summed E-state index contributed by atoms with van der Waals surface area (Å²) in [6, 6.07) is 0. The summed E-state index contributed by atoms with van der Waals surface area (Å²) in [6.07, 6.45) is 42.5. The summed E-state index contributed by atoms with van der Waals surface area (Å²) in [5.41, 5.74) is 0. The van der Waals surface area contributed by atoms with Crippen molar-refractivity contribution in [2.75, 3.05) is 19.8 Å². The van der Waals surface area contributed by atoms with Crippen LogP contribution in [-0.4, -0.2) is 154 Å². The van der Waals surface area contributed by atoms with E-state index in [1.807, 2.05) is 0 Å². The summed E-state index contributed by atoms with van der Waals surface area (Å²) in [6.45, 7) is 4.76. The number of cyclic esters (lactones) is 3. The van der Waals surface area contributed by atoms with Crippen molar-refractivity contribution in [3.63, 3.8) is 0 Å². The Hall–Kier alpha value is -4.88. The van der Waals surface area contributed by atoms with Crippen molar-refractivity contribution < 1.29 is 137 Å². The number of aliphatic hydroxyl groups excluding tert-OH is 12. The van der Waals surface area contributed by atoms with Crippen molar-refractivity contribution in [3.8, 4) is 0 Å². The molecule has 0 aliphatic carbocycles. The predicted molar refractivity (Wildman–Crippen MR) is 332 cm³/mol. The first-order valence-electron chi connectivity index (χ1n) is 33.5. The van der Waals surface area contributed by atoms with Gasteiger partial charge in [-0.2, -0.15) is 0 Å². The summed E-state index contributed by atoms with van der Waals surface area (Å²) >= 11 is 0. The SMILES string of the molecule is CCCCCCCCCCCCCCCC(=O)[O-].CCCCCCCCCCCCCCCC(=O)[O-].CCCCCCCCCCCCCCCC(=O)[O-].O=C1O[C@H]([C@@H](O)CO)C(O)=C1O.O=C1O[C@H]([C@@H](O)CO)C(O)=C1O.O=C1O[C@H]([C@@H](O)CO)C(O)=C1O.[Fe+3]. The second kappa shape index (κ2) is 63.9. The van der Waals surface area contributed by atoms with E-state index in [1.165, 1.54) is 212 Å². The topological polar surface area (TPSA) is 442 Å². The van der Waals surface area contributed by atoms with Crippen LogP contribution in [0.25, 0.3) is 0 Å². The standard InChI is InChI=1S/3C16H32O2.3C6H8O6.Fe/c3*1-2-3-4-5-6-7-8-9-10-11-12-13-14-15-16(17)18;3*7-1-2(8)5-3(9)4(10)6(11)12-5;/h3*2-15H2,1H3,(H,17,18);3*2,5,7-10H,1H2;/q;;;;;;+3/p-3/t;;;3*2-,5+;/m...000./s1. The minimum absolute atomic E-state index is 0. The first kappa shape index (κ1) is 92.5. The third-order valence-electron chi connectivity index (χ3n) is 14.9. The van der Waals surface area contributed by atoms with E-state index in [-0.39, 0.29) is 36.3 Å². The fraction of sp³-hybridized carbons (Fsp3) is 0.818. The van der Waals surface area contributed by atoms with Gasteiger partial charge in [0.1, 0.15) is 18.3 Å². The fourth-order valence-electron chi connectivity index (χ4n) is 9.33. The number of carbonyl (C=O) groups is 6. The average Bonchev–Trinajstić information content (AvgIpc) is 2.16. The Morgan fingerprint density at radius 2 is 0.462 bits per heavy atom. The Morgan fingerprint density at radius 1 is 0.319 bits per heavy atom. The van der Waals surface area contributed by atoms with Gasteiger partial charge in [0, 0.05) is 17.9 Å². The van der Waals surface area contributed by atoms with Gasteiger partial charge >= 0.3 is 35.0 Å². The summed E-state index contributed by atoms with van der Waals surface area (Å²) in [5.74, 6) is -11.0. The van der Waals surface area contributed by atoms with E-state index in [4.69, 9.17) is 61.3 Å². The Bertz CT molecular complexity index is 1730. The van der Waals surface area contributed by atoms with Gasteiger partial charge in [-0.1, -0.05) is 252 Å². The van der Waals surface area contributed by atoms with Crippen molar-refractivity contribution in [2.45, 2.75) is 327 Å². The van der Waals surface area contributed by atoms with Crippen molar-refractivity contribution in [1.82, 2.24) is 0 Å². The molecule has 0 unspecified atom stereocenters. The van der Waals surface area contributed by atoms with E-state index in [0.717, 1.165) is 38.5 Å². The summed E-state index contributed by atoms with van der Waals surface area (Å²) < 4.78 is 12.9. The molecule has 91 heavy (non-hydrogen) atoms. The number of carboxylic acids is 3. The monoisotopic (exact) mass is 1350 g/mol. The summed E-state index contributed by atoms with van der Waals surface area (Å²) in [5, 5.41) is 136. The molecule has 1 radical (unpaired) electrons. The molecule has 0 saturated carbocycles. The Balaban J connectivity index is -0.000000502. The number of rotatable bonds is 48. The molecule has 25 heteroatoms. The van der Waals surface area contributed by atoms with Crippen molar-refractivity contribution in [3.05, 3.63) is 34.6 Å². The maximum atomic E-state index is 10.5. The maximum Gasteiger partial charge on any atom is 3.00 e. The van der Waals surface area contributed by atoms with E-state index in [1.54, 1.807) is 0 Å². The van der Waals surface area contributed by atoms with Crippen LogP contribution in [0.2, 0.25) is 0 Å². The molecule has 12 N–H and O–H groups in total. The zero-order valence-corrected chi connectivity index (χ0v) is 56.0. The average molecular weight is 1350 g/mol. The number of hydrogen-bond acceptors (Lipinski definition) is 24. The number of carboxylic acid groups (broad SMARTS) is 3. The van der Waals surface area contributed by atoms with Crippen LogP contribution in [0.15, 0.2) is 34.6 Å². The number of ether oxygens (including phenoxy) is 3. The van der Waals surface area contributed by atoms with Crippen molar-refractivity contribution in [1.29, 1.82) is 0 Å². The molecule has 533 valence electrons. The molecule has 0 bridgehead atoms. The van der Waals surface area contributed by atoms with Crippen LogP contribution < -0.4 is 15.3 Å². The number of unbranched alkanes of at least 4 members (excludes halogenated alkanes) is 36. The number of carbonyl (C=O) groups excluding carboxylic acids is 6. The molecule has 24 nitrogen and oxygen atoms in total. The third-order valence-corrected chi connectivity index (χ3v) is 14.9. The molecule has 3 aliphatic heterocycles. The van der Waals surface area contributed by atoms with E-state index in [0.29, 0.717) is 0 Å². The van der Waals surface area contributed by atoms with Crippen LogP contribution in [0.5, 0.6) is 0 Å². The van der Waals surface area contributed by atoms with Gasteiger partial charge in [-0.15, -0.1) is 0 Å². The van der Waals surface area contributed by atoms with Gasteiger partial charge in [-0.05, 0) is 38.5 Å². The fourth-order valence-corrected chi connectivity index (χ4v) is 9.33. The molecule has 0 spiro atoms. The maximum absolute atomic E-state index is 10.5. The number of aliphatic hydroxyl groups is 12. The van der Waals surface area contributed by atoms with Gasteiger partial charge in [0.25, 0.3) is 0 Å². The quantitative estimate of drug-likeness (QED) is 0.0118. The molecule has 6 atom stereocenters. The van der Waals surface area contributed by atoms with Gasteiger partial charge in [0.05, 0.1) is 19.8 Å². The molecule has 0 fully saturated rings. The Morgan fingerprint density at radius 3 is 0.571 bits per heavy atom. The molecular formula is C66H117FeO24. The largest absolute Gasteiger partial charge is 3.00 e. The van der Waals surface area contributed by atoms with Crippen LogP contribution in [0, 0.1) is 0 Å². The number of hydrogen-bond donors (Lipinski definition) is 12. The Labute approximate surface area is 551 Å². The first-order valence-corrected chi connectivity index (χ1v) is 33.5. The predicted octanol–water partition coefficient (Wildman–Crippen LogP) is 8.43. The van der Waals surface area contributed by atoms with E-state index < -0.39 is 127 Å². The van der Waals surface area contributed by atoms with Crippen LogP contribution in [-0.2, 0) is 60.0 Å².